The lowest BCUT2D eigenvalue weighted by Crippen LogP contribution is -2.14. The highest BCUT2D eigenvalue weighted by Gasteiger charge is 2.11. The maximum Gasteiger partial charge on any atom is 0.269 e. The molecule has 0 aromatic heterocycles. The number of benzene rings is 2. The molecule has 0 aliphatic carbocycles. The van der Waals surface area contributed by atoms with Crippen molar-refractivity contribution in [1.29, 1.82) is 0 Å². The number of nitro benzene ring substituents is 1. The van der Waals surface area contributed by atoms with Gasteiger partial charge in [-0.3, -0.25) is 14.9 Å². The Kier molecular flexibility index (Phi) is 5.14. The van der Waals surface area contributed by atoms with Gasteiger partial charge in [0.25, 0.3) is 5.69 Å². The highest BCUT2D eigenvalue weighted by molar-refractivity contribution is 5.99. The summed E-state index contributed by atoms with van der Waals surface area (Å²) in [4.78, 5) is 22.2. The summed E-state index contributed by atoms with van der Waals surface area (Å²) in [5.41, 5.74) is 0.969. The molecular weight excluding hydrogens is 300 g/mol. The lowest BCUT2D eigenvalue weighted by molar-refractivity contribution is -0.384. The van der Waals surface area contributed by atoms with Crippen molar-refractivity contribution in [2.24, 2.45) is 0 Å². The van der Waals surface area contributed by atoms with E-state index in [1.807, 2.05) is 0 Å². The number of nitrogens with one attached hydrogen (secondary N) is 1. The number of ketones is 1. The number of hydrogen-bond donors (Lipinski definition) is 1. The lowest BCUT2D eigenvalue weighted by atomic mass is 10.1. The number of non-ortho nitro benzene ring substituents is 1. The largest absolute Gasteiger partial charge is 0.497 e. The van der Waals surface area contributed by atoms with Gasteiger partial charge in [0.2, 0.25) is 0 Å². The molecule has 0 saturated heterocycles. The number of nitro groups is 1. The summed E-state index contributed by atoms with van der Waals surface area (Å²) in [7, 11) is 3.08. The van der Waals surface area contributed by atoms with Crippen molar-refractivity contribution in [3.63, 3.8) is 0 Å². The number of carbonyl (C=O) groups excluding carboxylic acids is 1. The zero-order valence-electron chi connectivity index (χ0n) is 12.7. The number of rotatable bonds is 7. The summed E-state index contributed by atoms with van der Waals surface area (Å²) < 4.78 is 10.4. The molecule has 23 heavy (non-hydrogen) atoms. The van der Waals surface area contributed by atoms with Gasteiger partial charge in [0, 0.05) is 23.8 Å². The van der Waals surface area contributed by atoms with Crippen LogP contribution in [0.2, 0.25) is 0 Å². The van der Waals surface area contributed by atoms with E-state index >= 15 is 0 Å². The molecule has 1 N–H and O–H groups in total. The fourth-order valence-electron chi connectivity index (χ4n) is 2.00. The minimum atomic E-state index is -0.506. The van der Waals surface area contributed by atoms with Crippen LogP contribution in [0.4, 0.5) is 11.4 Å². The normalized spacial score (nSPS) is 10.0. The molecular formula is C16H16N2O5. The minimum absolute atomic E-state index is 0.0291. The standard InChI is InChI=1S/C16H16N2O5/c1-22-13-7-8-16(23-2)14(9-13)17-10-15(19)11-3-5-12(6-4-11)18(20)21/h3-9,17H,10H2,1-2H3. The van der Waals surface area contributed by atoms with E-state index in [1.54, 1.807) is 25.3 Å². The molecule has 0 heterocycles. The number of ether oxygens (including phenoxy) is 2. The Hall–Kier alpha value is -3.09. The summed E-state index contributed by atoms with van der Waals surface area (Å²) in [6.07, 6.45) is 0. The molecule has 0 aliphatic rings. The van der Waals surface area contributed by atoms with Crippen LogP contribution in [0.1, 0.15) is 10.4 Å². The van der Waals surface area contributed by atoms with E-state index < -0.39 is 4.92 Å². The average Bonchev–Trinajstić information content (AvgIpc) is 2.59. The molecule has 0 bridgehead atoms. The summed E-state index contributed by atoms with van der Waals surface area (Å²) in [6.45, 7) is 0.0291. The van der Waals surface area contributed by atoms with Crippen LogP contribution in [0.5, 0.6) is 11.5 Å². The molecule has 0 spiro atoms. The molecule has 120 valence electrons. The van der Waals surface area contributed by atoms with Crippen molar-refractivity contribution in [3.8, 4) is 11.5 Å². The third-order valence-electron chi connectivity index (χ3n) is 3.25. The first-order valence-corrected chi connectivity index (χ1v) is 6.78. The predicted octanol–water partition coefficient (Wildman–Crippen LogP) is 2.91. The van der Waals surface area contributed by atoms with Crippen molar-refractivity contribution in [1.82, 2.24) is 0 Å². The van der Waals surface area contributed by atoms with Crippen molar-refractivity contribution < 1.29 is 19.2 Å². The van der Waals surface area contributed by atoms with E-state index in [4.69, 9.17) is 9.47 Å². The van der Waals surface area contributed by atoms with Crippen molar-refractivity contribution >= 4 is 17.2 Å². The summed E-state index contributed by atoms with van der Waals surface area (Å²) in [6, 6.07) is 10.7. The first-order chi connectivity index (χ1) is 11.0. The minimum Gasteiger partial charge on any atom is -0.497 e. The molecule has 2 aromatic rings. The molecule has 0 radical (unpaired) electrons. The second kappa shape index (κ2) is 7.26. The third kappa shape index (κ3) is 3.97. The van der Waals surface area contributed by atoms with Crippen LogP contribution in [0.25, 0.3) is 0 Å². The monoisotopic (exact) mass is 316 g/mol. The third-order valence-corrected chi connectivity index (χ3v) is 3.25. The predicted molar refractivity (Wildman–Crippen MR) is 85.5 cm³/mol. The van der Waals surface area contributed by atoms with Crippen molar-refractivity contribution in [3.05, 3.63) is 58.1 Å². The van der Waals surface area contributed by atoms with E-state index in [2.05, 4.69) is 5.32 Å². The van der Waals surface area contributed by atoms with Gasteiger partial charge in [-0.15, -0.1) is 0 Å². The van der Waals surface area contributed by atoms with E-state index in [-0.39, 0.29) is 18.0 Å². The van der Waals surface area contributed by atoms with E-state index in [1.165, 1.54) is 31.4 Å². The second-order valence-electron chi connectivity index (χ2n) is 4.65. The van der Waals surface area contributed by atoms with E-state index in [0.717, 1.165) is 0 Å². The van der Waals surface area contributed by atoms with Crippen LogP contribution < -0.4 is 14.8 Å². The van der Waals surface area contributed by atoms with Gasteiger partial charge in [-0.25, -0.2) is 0 Å². The first kappa shape index (κ1) is 16.3. The van der Waals surface area contributed by atoms with Gasteiger partial charge in [0.05, 0.1) is 31.4 Å². The number of methoxy groups -OCH3 is 2. The summed E-state index contributed by atoms with van der Waals surface area (Å²) in [5, 5.41) is 13.6. The van der Waals surface area contributed by atoms with Crippen LogP contribution in [0.3, 0.4) is 0 Å². The molecule has 0 aliphatic heterocycles. The topological polar surface area (TPSA) is 90.7 Å². The fraction of sp³-hybridized carbons (Fsp3) is 0.188. The number of hydrogen-bond acceptors (Lipinski definition) is 6. The fourth-order valence-corrected chi connectivity index (χ4v) is 2.00. The van der Waals surface area contributed by atoms with Gasteiger partial charge in [-0.1, -0.05) is 0 Å². The first-order valence-electron chi connectivity index (χ1n) is 6.78. The highest BCUT2D eigenvalue weighted by Crippen LogP contribution is 2.28. The van der Waals surface area contributed by atoms with Crippen LogP contribution in [-0.4, -0.2) is 31.5 Å². The van der Waals surface area contributed by atoms with Crippen LogP contribution in [-0.2, 0) is 0 Å². The summed E-state index contributed by atoms with van der Waals surface area (Å²) >= 11 is 0. The second-order valence-corrected chi connectivity index (χ2v) is 4.65. The molecule has 0 amide bonds. The Balaban J connectivity index is 2.08. The smallest absolute Gasteiger partial charge is 0.269 e. The maximum absolute atomic E-state index is 12.1. The Labute approximate surface area is 133 Å². The Bertz CT molecular complexity index is 713. The maximum atomic E-state index is 12.1. The number of carbonyl (C=O) groups is 1. The molecule has 0 fully saturated rings. The van der Waals surface area contributed by atoms with Gasteiger partial charge in [-0.2, -0.15) is 0 Å². The quantitative estimate of drug-likeness (QED) is 0.480. The average molecular weight is 316 g/mol. The molecule has 0 atom stereocenters. The van der Waals surface area contributed by atoms with Gasteiger partial charge >= 0.3 is 0 Å². The molecule has 2 rings (SSSR count). The Morgan fingerprint density at radius 2 is 1.83 bits per heavy atom. The Morgan fingerprint density at radius 1 is 1.13 bits per heavy atom. The number of nitrogens with zero attached hydrogens (tertiary/aromatic N) is 1. The van der Waals surface area contributed by atoms with Gasteiger partial charge in [0.15, 0.2) is 5.78 Å². The highest BCUT2D eigenvalue weighted by atomic mass is 16.6. The van der Waals surface area contributed by atoms with Crippen LogP contribution in [0, 0.1) is 10.1 Å². The lowest BCUT2D eigenvalue weighted by Gasteiger charge is -2.12. The van der Waals surface area contributed by atoms with Crippen molar-refractivity contribution in [2.75, 3.05) is 26.1 Å². The molecule has 7 nitrogen and oxygen atoms in total. The zero-order chi connectivity index (χ0) is 16.8. The zero-order valence-corrected chi connectivity index (χ0v) is 12.7. The van der Waals surface area contributed by atoms with Crippen molar-refractivity contribution in [2.45, 2.75) is 0 Å². The number of Topliss-reactive ketones (excluding diaryl/α,β-unsaturated/α-hetero) is 1. The van der Waals surface area contributed by atoms with Gasteiger partial charge < -0.3 is 14.8 Å². The van der Waals surface area contributed by atoms with Gasteiger partial charge in [-0.05, 0) is 24.3 Å². The molecule has 0 unspecified atom stereocenters. The summed E-state index contributed by atoms with van der Waals surface area (Å²) in [5.74, 6) is 1.03. The van der Waals surface area contributed by atoms with E-state index in [0.29, 0.717) is 22.7 Å². The van der Waals surface area contributed by atoms with Gasteiger partial charge in [0.1, 0.15) is 11.5 Å². The Morgan fingerprint density at radius 3 is 2.39 bits per heavy atom. The van der Waals surface area contributed by atoms with E-state index in [9.17, 15) is 14.9 Å². The van der Waals surface area contributed by atoms with Crippen LogP contribution in [0.15, 0.2) is 42.5 Å². The molecule has 7 heteroatoms. The van der Waals surface area contributed by atoms with Crippen LogP contribution >= 0.6 is 0 Å². The molecule has 0 saturated carbocycles. The number of anilines is 1. The molecule has 2 aromatic carbocycles. The SMILES string of the molecule is COc1ccc(OC)c(NCC(=O)c2ccc([N+](=O)[O-])cc2)c1.